The summed E-state index contributed by atoms with van der Waals surface area (Å²) in [6.07, 6.45) is 0.0268. The van der Waals surface area contributed by atoms with Gasteiger partial charge in [-0.15, -0.1) is 0 Å². The molecular weight excluding hydrogens is 156 g/mol. The molecule has 0 aliphatic heterocycles. The molecule has 0 aromatic heterocycles. The van der Waals surface area contributed by atoms with E-state index in [0.717, 1.165) is 0 Å². The zero-order chi connectivity index (χ0) is 11.6. The van der Waals surface area contributed by atoms with Crippen LogP contribution in [0, 0.1) is 5.41 Å². The van der Waals surface area contributed by atoms with E-state index in [0.29, 0.717) is 0 Å². The molecule has 0 atom stereocenters. The molecule has 0 unspecified atom stereocenters. The van der Waals surface area contributed by atoms with Crippen LogP contribution in [-0.2, 0) is 14.3 Å². The predicted molar refractivity (Wildman–Crippen MR) is 45.7 cm³/mol. The fourth-order valence-corrected chi connectivity index (χ4v) is 0.401. The van der Waals surface area contributed by atoms with Crippen LogP contribution in [0.3, 0.4) is 0 Å². The van der Waals surface area contributed by atoms with Crippen LogP contribution in [0.2, 0.25) is 0 Å². The van der Waals surface area contributed by atoms with Gasteiger partial charge in [0.25, 0.3) is 0 Å². The van der Waals surface area contributed by atoms with Gasteiger partial charge in [-0.25, -0.2) is 4.79 Å². The zero-order valence-corrected chi connectivity index (χ0v) is 7.93. The molecule has 0 aromatic carbocycles. The summed E-state index contributed by atoms with van der Waals surface area (Å²) in [6.45, 7) is 4.18. The van der Waals surface area contributed by atoms with Crippen LogP contribution in [0.4, 0.5) is 0 Å². The smallest absolute Gasteiger partial charge is 0.374 e. The van der Waals surface area contributed by atoms with Crippen LogP contribution < -0.4 is 0 Å². The number of ketones is 1. The van der Waals surface area contributed by atoms with Gasteiger partial charge in [-0.05, 0) is 5.41 Å². The molecule has 0 amide bonds. The molecule has 0 saturated heterocycles. The van der Waals surface area contributed by atoms with E-state index in [-0.39, 0.29) is 6.42 Å². The Morgan fingerprint density at radius 2 is 1.92 bits per heavy atom. The fourth-order valence-electron chi connectivity index (χ4n) is 0.401. The number of ether oxygens (including phenoxy) is 1. The highest BCUT2D eigenvalue weighted by Crippen LogP contribution is 2.12. The minimum absolute atomic E-state index is 0.0268. The van der Waals surface area contributed by atoms with E-state index in [1.807, 2.05) is 0 Å². The van der Waals surface area contributed by atoms with Crippen molar-refractivity contribution < 1.29 is 17.1 Å². The van der Waals surface area contributed by atoms with E-state index in [1.54, 1.807) is 20.8 Å². The van der Waals surface area contributed by atoms with Gasteiger partial charge in [-0.1, -0.05) is 27.7 Å². The molecular formula is C9H16O3. The van der Waals surface area contributed by atoms with Crippen molar-refractivity contribution in [2.45, 2.75) is 34.1 Å². The fraction of sp³-hybridized carbons (Fsp3) is 0.778. The Morgan fingerprint density at radius 1 is 1.42 bits per heavy atom. The van der Waals surface area contributed by atoms with Gasteiger partial charge in [0.2, 0.25) is 5.78 Å². The summed E-state index contributed by atoms with van der Waals surface area (Å²) in [7, 11) is 0. The minimum atomic E-state index is -2.13. The largest absolute Gasteiger partial charge is 0.459 e. The molecule has 0 aliphatic rings. The Kier molecular flexibility index (Phi) is 2.74. The lowest BCUT2D eigenvalue weighted by molar-refractivity contribution is -0.155. The number of Topliss-reactive ketones (excluding diaryl/α,β-unsaturated/α-hetero) is 1. The summed E-state index contributed by atoms with van der Waals surface area (Å²) in [5, 5.41) is 0. The third-order valence-electron chi connectivity index (χ3n) is 0.999. The van der Waals surface area contributed by atoms with Crippen molar-refractivity contribution in [2.24, 2.45) is 5.41 Å². The van der Waals surface area contributed by atoms with Crippen molar-refractivity contribution in [3.05, 3.63) is 0 Å². The molecule has 0 radical (unpaired) electrons. The van der Waals surface area contributed by atoms with Crippen molar-refractivity contribution in [1.82, 2.24) is 0 Å². The van der Waals surface area contributed by atoms with Crippen molar-refractivity contribution in [2.75, 3.05) is 6.56 Å². The standard InChI is InChI=1S/C9H16O3/c1-5-7(10)8(11)12-6-9(2,3)4/h5-6H2,1-4H3/i6D2. The average molecular weight is 174 g/mol. The maximum Gasteiger partial charge on any atom is 0.374 e. The second-order valence-corrected chi connectivity index (χ2v) is 3.52. The molecule has 0 fully saturated rings. The lowest BCUT2D eigenvalue weighted by Crippen LogP contribution is -2.23. The minimum Gasteiger partial charge on any atom is -0.459 e. The van der Waals surface area contributed by atoms with E-state index >= 15 is 0 Å². The summed E-state index contributed by atoms with van der Waals surface area (Å²) in [4.78, 5) is 21.9. The first-order valence-corrected chi connectivity index (χ1v) is 3.88. The molecule has 70 valence electrons. The highest BCUT2D eigenvalue weighted by atomic mass is 16.5. The highest BCUT2D eigenvalue weighted by Gasteiger charge is 2.17. The normalized spacial score (nSPS) is 14.7. The number of rotatable bonds is 3. The van der Waals surface area contributed by atoms with E-state index in [1.165, 1.54) is 6.92 Å². The Hall–Kier alpha value is -0.860. The van der Waals surface area contributed by atoms with Crippen LogP contribution in [0.25, 0.3) is 0 Å². The lowest BCUT2D eigenvalue weighted by Gasteiger charge is -2.17. The van der Waals surface area contributed by atoms with Gasteiger partial charge in [-0.3, -0.25) is 4.79 Å². The van der Waals surface area contributed by atoms with E-state index in [4.69, 9.17) is 2.74 Å². The summed E-state index contributed by atoms with van der Waals surface area (Å²) in [6, 6.07) is 0. The molecule has 0 rings (SSSR count). The predicted octanol–water partition coefficient (Wildman–Crippen LogP) is 1.55. The first-order chi connectivity index (χ1) is 6.12. The second-order valence-electron chi connectivity index (χ2n) is 3.52. The number of hydrogen-bond donors (Lipinski definition) is 0. The molecule has 12 heavy (non-hydrogen) atoms. The SMILES string of the molecule is [2H]C([2H])(OC(=O)C(=O)CC)C(C)(C)C. The van der Waals surface area contributed by atoms with Gasteiger partial charge in [0.05, 0.1) is 9.30 Å². The maximum atomic E-state index is 11.0. The number of carbonyl (C=O) groups excluding carboxylic acids is 2. The molecule has 0 N–H and O–H groups in total. The van der Waals surface area contributed by atoms with Gasteiger partial charge in [-0.2, -0.15) is 0 Å². The van der Waals surface area contributed by atoms with Crippen molar-refractivity contribution >= 4 is 11.8 Å². The Bertz CT molecular complexity index is 241. The average Bonchev–Trinajstić information content (AvgIpc) is 2.00. The molecule has 0 spiro atoms. The summed E-state index contributed by atoms with van der Waals surface area (Å²) in [5.41, 5.74) is -0.851. The third kappa shape index (κ3) is 4.88. The summed E-state index contributed by atoms with van der Waals surface area (Å²) >= 11 is 0. The maximum absolute atomic E-state index is 11.0. The van der Waals surface area contributed by atoms with E-state index in [9.17, 15) is 9.59 Å². The Labute approximate surface area is 75.9 Å². The zero-order valence-electron chi connectivity index (χ0n) is 9.93. The van der Waals surface area contributed by atoms with Gasteiger partial charge in [0.1, 0.15) is 0 Å². The molecule has 0 saturated carbocycles. The molecule has 0 aliphatic carbocycles. The van der Waals surface area contributed by atoms with Crippen LogP contribution in [-0.4, -0.2) is 18.3 Å². The lowest BCUT2D eigenvalue weighted by atomic mass is 9.99. The van der Waals surface area contributed by atoms with Gasteiger partial charge >= 0.3 is 5.97 Å². The van der Waals surface area contributed by atoms with E-state index < -0.39 is 23.7 Å². The second kappa shape index (κ2) is 4.24. The topological polar surface area (TPSA) is 43.4 Å². The highest BCUT2D eigenvalue weighted by molar-refractivity contribution is 6.33. The number of esters is 1. The first kappa shape index (κ1) is 7.77. The number of carbonyl (C=O) groups is 2. The van der Waals surface area contributed by atoms with Crippen molar-refractivity contribution in [3.63, 3.8) is 0 Å². The Balaban J connectivity index is 4.53. The summed E-state index contributed by atoms with van der Waals surface area (Å²) < 4.78 is 19.4. The van der Waals surface area contributed by atoms with Gasteiger partial charge in [0.15, 0.2) is 0 Å². The van der Waals surface area contributed by atoms with Gasteiger partial charge < -0.3 is 4.74 Å². The molecule has 3 nitrogen and oxygen atoms in total. The van der Waals surface area contributed by atoms with Gasteiger partial charge in [0, 0.05) is 6.42 Å². The monoisotopic (exact) mass is 174 g/mol. The first-order valence-electron chi connectivity index (χ1n) is 4.88. The third-order valence-corrected chi connectivity index (χ3v) is 0.999. The summed E-state index contributed by atoms with van der Waals surface area (Å²) in [5.74, 6) is -1.81. The molecule has 0 bridgehead atoms. The van der Waals surface area contributed by atoms with E-state index in [2.05, 4.69) is 4.74 Å². The molecule has 0 heterocycles. The number of hydrogen-bond acceptors (Lipinski definition) is 3. The quantitative estimate of drug-likeness (QED) is 0.481. The Morgan fingerprint density at radius 3 is 2.25 bits per heavy atom. The van der Waals surface area contributed by atoms with Crippen LogP contribution in [0.15, 0.2) is 0 Å². The van der Waals surface area contributed by atoms with Crippen LogP contribution in [0.1, 0.15) is 36.9 Å². The van der Waals surface area contributed by atoms with Crippen molar-refractivity contribution in [3.8, 4) is 0 Å². The molecule has 0 aromatic rings. The molecule has 3 heteroatoms. The van der Waals surface area contributed by atoms with Crippen molar-refractivity contribution in [1.29, 1.82) is 0 Å². The van der Waals surface area contributed by atoms with Crippen LogP contribution in [0.5, 0.6) is 0 Å². The van der Waals surface area contributed by atoms with Crippen LogP contribution >= 0.6 is 0 Å².